The first-order chi connectivity index (χ1) is 8.31. The smallest absolute Gasteiger partial charge is 0.0480 e. The van der Waals surface area contributed by atoms with E-state index in [1.165, 1.54) is 16.5 Å². The average molecular weight is 229 g/mol. The molecule has 90 valence electrons. The van der Waals surface area contributed by atoms with Gasteiger partial charge >= 0.3 is 0 Å². The van der Waals surface area contributed by atoms with Gasteiger partial charge in [-0.3, -0.25) is 0 Å². The van der Waals surface area contributed by atoms with E-state index in [0.717, 1.165) is 19.6 Å². The summed E-state index contributed by atoms with van der Waals surface area (Å²) in [7, 11) is 2.12. The predicted molar refractivity (Wildman–Crippen MR) is 71.1 cm³/mol. The van der Waals surface area contributed by atoms with Gasteiger partial charge in [0.1, 0.15) is 0 Å². The number of hydrogen-bond acceptors (Lipinski definition) is 2. The van der Waals surface area contributed by atoms with E-state index in [1.807, 2.05) is 0 Å². The summed E-state index contributed by atoms with van der Waals surface area (Å²) in [5.41, 5.74) is 8.62. The van der Waals surface area contributed by atoms with Gasteiger partial charge in [-0.2, -0.15) is 0 Å². The highest BCUT2D eigenvalue weighted by Gasteiger charge is 2.29. The number of para-hydroxylation sites is 1. The first-order valence-electron chi connectivity index (χ1n) is 6.26. The van der Waals surface area contributed by atoms with E-state index in [1.54, 1.807) is 0 Å². The van der Waals surface area contributed by atoms with Crippen LogP contribution in [0.3, 0.4) is 0 Å². The van der Waals surface area contributed by atoms with Crippen molar-refractivity contribution >= 4 is 10.9 Å². The number of hydrogen-bond donors (Lipinski definition) is 2. The summed E-state index contributed by atoms with van der Waals surface area (Å²) in [5.74, 6) is 1.13. The molecule has 1 aliphatic rings. The summed E-state index contributed by atoms with van der Waals surface area (Å²) >= 11 is 0. The highest BCUT2D eigenvalue weighted by atomic mass is 14.9. The molecule has 0 aliphatic carbocycles. The average Bonchev–Trinajstić information content (AvgIpc) is 2.94. The van der Waals surface area contributed by atoms with E-state index >= 15 is 0 Å². The molecule has 0 bridgehead atoms. The first kappa shape index (κ1) is 10.8. The molecule has 2 atom stereocenters. The van der Waals surface area contributed by atoms with Crippen molar-refractivity contribution in [3.63, 3.8) is 0 Å². The van der Waals surface area contributed by atoms with Gasteiger partial charge in [0.2, 0.25) is 0 Å². The van der Waals surface area contributed by atoms with Crippen LogP contribution in [-0.4, -0.2) is 24.2 Å². The van der Waals surface area contributed by atoms with Crippen LogP contribution in [-0.2, 0) is 7.05 Å². The summed E-state index contributed by atoms with van der Waals surface area (Å²) in [6.07, 6.45) is 2.27. The molecule has 0 spiro atoms. The van der Waals surface area contributed by atoms with Crippen LogP contribution < -0.4 is 11.1 Å². The summed E-state index contributed by atoms with van der Waals surface area (Å²) in [4.78, 5) is 0. The Morgan fingerprint density at radius 1 is 1.35 bits per heavy atom. The molecule has 2 heterocycles. The summed E-state index contributed by atoms with van der Waals surface area (Å²) in [6, 6.07) is 8.61. The molecule has 3 nitrogen and oxygen atoms in total. The van der Waals surface area contributed by atoms with Gasteiger partial charge < -0.3 is 15.6 Å². The number of benzene rings is 1. The lowest BCUT2D eigenvalue weighted by Gasteiger charge is -2.15. The number of nitrogens with two attached hydrogens (primary N) is 1. The Bertz CT molecular complexity index is 529. The fraction of sp³-hybridized carbons (Fsp3) is 0.429. The maximum absolute atomic E-state index is 5.87. The zero-order valence-corrected chi connectivity index (χ0v) is 10.2. The molecule has 3 rings (SSSR count). The number of nitrogens with zero attached hydrogens (tertiary/aromatic N) is 1. The lowest BCUT2D eigenvalue weighted by atomic mass is 9.89. The van der Waals surface area contributed by atoms with Crippen molar-refractivity contribution in [2.75, 3.05) is 19.6 Å². The van der Waals surface area contributed by atoms with Crippen molar-refractivity contribution in [3.05, 3.63) is 36.0 Å². The van der Waals surface area contributed by atoms with Gasteiger partial charge in [0.15, 0.2) is 0 Å². The molecule has 2 aromatic rings. The SMILES string of the molecule is Cn1cc(C2CNCC2CN)c2ccccc21. The lowest BCUT2D eigenvalue weighted by molar-refractivity contribution is 0.532. The number of rotatable bonds is 2. The standard InChI is InChI=1S/C14H19N3/c1-17-9-13(11-4-2-3-5-14(11)17)12-8-16-7-10(12)6-15/h2-5,9-10,12,16H,6-8,15H2,1H3. The Hall–Kier alpha value is -1.32. The summed E-state index contributed by atoms with van der Waals surface area (Å²) in [6.45, 7) is 2.86. The highest BCUT2D eigenvalue weighted by Crippen LogP contribution is 2.33. The second-order valence-electron chi connectivity index (χ2n) is 4.97. The second-order valence-corrected chi connectivity index (χ2v) is 4.97. The van der Waals surface area contributed by atoms with Crippen LogP contribution in [0.2, 0.25) is 0 Å². The molecule has 1 aromatic carbocycles. The van der Waals surface area contributed by atoms with Crippen LogP contribution in [0.5, 0.6) is 0 Å². The van der Waals surface area contributed by atoms with Crippen LogP contribution in [0, 0.1) is 5.92 Å². The van der Waals surface area contributed by atoms with Crippen molar-refractivity contribution in [3.8, 4) is 0 Å². The number of nitrogens with one attached hydrogen (secondary N) is 1. The number of aromatic nitrogens is 1. The molecular formula is C14H19N3. The van der Waals surface area contributed by atoms with E-state index in [4.69, 9.17) is 5.73 Å². The molecule has 17 heavy (non-hydrogen) atoms. The van der Waals surface area contributed by atoms with Gasteiger partial charge in [0.25, 0.3) is 0 Å². The van der Waals surface area contributed by atoms with Gasteiger partial charge in [-0.1, -0.05) is 18.2 Å². The first-order valence-corrected chi connectivity index (χ1v) is 6.26. The van der Waals surface area contributed by atoms with E-state index in [9.17, 15) is 0 Å². The van der Waals surface area contributed by atoms with Crippen LogP contribution in [0.4, 0.5) is 0 Å². The third kappa shape index (κ3) is 1.66. The molecule has 2 unspecified atom stereocenters. The second kappa shape index (κ2) is 4.17. The van der Waals surface area contributed by atoms with Crippen LogP contribution in [0.15, 0.2) is 30.5 Å². The molecule has 1 aliphatic heterocycles. The monoisotopic (exact) mass is 229 g/mol. The fourth-order valence-corrected chi connectivity index (χ4v) is 3.01. The Balaban J connectivity index is 2.11. The van der Waals surface area contributed by atoms with Crippen molar-refractivity contribution in [1.82, 2.24) is 9.88 Å². The Kier molecular flexibility index (Phi) is 2.65. The largest absolute Gasteiger partial charge is 0.350 e. The van der Waals surface area contributed by atoms with Crippen LogP contribution >= 0.6 is 0 Å². The molecule has 1 saturated heterocycles. The zero-order valence-electron chi connectivity index (χ0n) is 10.2. The zero-order chi connectivity index (χ0) is 11.8. The van der Waals surface area contributed by atoms with Gasteiger partial charge in [-0.25, -0.2) is 0 Å². The Labute approximate surface area is 102 Å². The van der Waals surface area contributed by atoms with Gasteiger partial charge in [0, 0.05) is 36.6 Å². The van der Waals surface area contributed by atoms with Gasteiger partial charge in [0.05, 0.1) is 0 Å². The van der Waals surface area contributed by atoms with E-state index in [0.29, 0.717) is 11.8 Å². The van der Waals surface area contributed by atoms with E-state index < -0.39 is 0 Å². The molecule has 3 N–H and O–H groups in total. The van der Waals surface area contributed by atoms with Crippen molar-refractivity contribution < 1.29 is 0 Å². The highest BCUT2D eigenvalue weighted by molar-refractivity contribution is 5.84. The van der Waals surface area contributed by atoms with Crippen molar-refractivity contribution in [2.24, 2.45) is 18.7 Å². The summed E-state index contributed by atoms with van der Waals surface area (Å²) < 4.78 is 2.22. The van der Waals surface area contributed by atoms with E-state index in [2.05, 4.69) is 47.4 Å². The Morgan fingerprint density at radius 3 is 3.00 bits per heavy atom. The van der Waals surface area contributed by atoms with Crippen LogP contribution in [0.25, 0.3) is 10.9 Å². The van der Waals surface area contributed by atoms with E-state index in [-0.39, 0.29) is 0 Å². The predicted octanol–water partition coefficient (Wildman–Crippen LogP) is 1.44. The quantitative estimate of drug-likeness (QED) is 0.818. The molecule has 1 fully saturated rings. The molecule has 0 amide bonds. The minimum atomic E-state index is 0.561. The Morgan fingerprint density at radius 2 is 2.18 bits per heavy atom. The topological polar surface area (TPSA) is 43.0 Å². The maximum Gasteiger partial charge on any atom is 0.0480 e. The molecule has 3 heteroatoms. The summed E-state index contributed by atoms with van der Waals surface area (Å²) in [5, 5.41) is 4.83. The third-order valence-corrected chi connectivity index (χ3v) is 3.97. The molecule has 0 radical (unpaired) electrons. The lowest BCUT2D eigenvalue weighted by Crippen LogP contribution is -2.20. The molecular weight excluding hydrogens is 210 g/mol. The number of fused-ring (bicyclic) bond motifs is 1. The van der Waals surface area contributed by atoms with Crippen molar-refractivity contribution in [1.29, 1.82) is 0 Å². The third-order valence-electron chi connectivity index (χ3n) is 3.97. The minimum absolute atomic E-state index is 0.561. The van der Waals surface area contributed by atoms with Crippen molar-refractivity contribution in [2.45, 2.75) is 5.92 Å². The normalized spacial score (nSPS) is 24.6. The number of aryl methyl sites for hydroxylation is 1. The van der Waals surface area contributed by atoms with Gasteiger partial charge in [-0.05, 0) is 30.6 Å². The van der Waals surface area contributed by atoms with Gasteiger partial charge in [-0.15, -0.1) is 0 Å². The molecule has 1 aromatic heterocycles. The minimum Gasteiger partial charge on any atom is -0.350 e. The fourth-order valence-electron chi connectivity index (χ4n) is 3.01. The molecule has 0 saturated carbocycles. The maximum atomic E-state index is 5.87. The van der Waals surface area contributed by atoms with Crippen LogP contribution in [0.1, 0.15) is 11.5 Å².